The number of nitrogens with two attached hydrogens (primary N) is 1. The second-order valence-electron chi connectivity index (χ2n) is 4.94. The van der Waals surface area contributed by atoms with Gasteiger partial charge in [-0.05, 0) is 26.2 Å². The van der Waals surface area contributed by atoms with Crippen LogP contribution in [0.25, 0.3) is 0 Å². The summed E-state index contributed by atoms with van der Waals surface area (Å²) < 4.78 is 0. The molecule has 0 aromatic carbocycles. The minimum Gasteiger partial charge on any atom is -0.409 e. The molecule has 2 amide bonds. The van der Waals surface area contributed by atoms with Crippen LogP contribution >= 0.6 is 0 Å². The molecule has 1 heterocycles. The zero-order valence-corrected chi connectivity index (χ0v) is 11.6. The van der Waals surface area contributed by atoms with Crippen LogP contribution in [0.5, 0.6) is 0 Å². The summed E-state index contributed by atoms with van der Waals surface area (Å²) in [6.07, 6.45) is 1.82. The van der Waals surface area contributed by atoms with Crippen molar-refractivity contribution < 1.29 is 14.8 Å². The molecular weight excluding hydrogens is 248 g/mol. The summed E-state index contributed by atoms with van der Waals surface area (Å²) in [5.41, 5.74) is 4.56. The molecule has 0 saturated carbocycles. The van der Waals surface area contributed by atoms with Crippen molar-refractivity contribution in [3.63, 3.8) is 0 Å². The number of nitrogens with zero attached hydrogens (tertiary/aromatic N) is 2. The molecule has 108 valence electrons. The molecule has 0 radical (unpaired) electrons. The number of hydrogen-bond donors (Lipinski definition) is 3. The molecule has 7 heteroatoms. The van der Waals surface area contributed by atoms with Gasteiger partial charge >= 0.3 is 0 Å². The Kier molecular flexibility index (Phi) is 4.74. The number of amides is 2. The van der Waals surface area contributed by atoms with Crippen molar-refractivity contribution in [2.45, 2.75) is 39.2 Å². The summed E-state index contributed by atoms with van der Waals surface area (Å²) in [4.78, 5) is 25.9. The maximum Gasteiger partial charge on any atom is 0.242 e. The lowest BCUT2D eigenvalue weighted by Crippen LogP contribution is -2.53. The Labute approximate surface area is 112 Å². The van der Waals surface area contributed by atoms with Crippen LogP contribution in [0.4, 0.5) is 0 Å². The van der Waals surface area contributed by atoms with E-state index in [0.717, 1.165) is 6.42 Å². The molecule has 1 saturated heterocycles. The first-order chi connectivity index (χ1) is 8.92. The van der Waals surface area contributed by atoms with E-state index in [0.29, 0.717) is 19.4 Å². The summed E-state index contributed by atoms with van der Waals surface area (Å²) in [6.45, 7) is 3.94. The zero-order chi connectivity index (χ0) is 14.6. The van der Waals surface area contributed by atoms with Crippen LogP contribution in [0.1, 0.15) is 33.1 Å². The number of oxime groups is 1. The molecule has 19 heavy (non-hydrogen) atoms. The fourth-order valence-corrected chi connectivity index (χ4v) is 2.32. The van der Waals surface area contributed by atoms with Gasteiger partial charge < -0.3 is 21.2 Å². The maximum atomic E-state index is 12.6. The van der Waals surface area contributed by atoms with E-state index in [1.54, 1.807) is 20.9 Å². The number of hydrogen-bond acceptors (Lipinski definition) is 4. The number of amidine groups is 1. The molecule has 0 aromatic heterocycles. The predicted molar refractivity (Wildman–Crippen MR) is 70.6 cm³/mol. The lowest BCUT2D eigenvalue weighted by molar-refractivity contribution is -0.143. The van der Waals surface area contributed by atoms with Gasteiger partial charge in [-0.3, -0.25) is 9.59 Å². The average molecular weight is 270 g/mol. The van der Waals surface area contributed by atoms with Crippen molar-refractivity contribution in [1.82, 2.24) is 10.2 Å². The SMILES string of the molecule is CCC(C)(C(=O)N1CCCC1C(=O)NC)C(N)=NO. The van der Waals surface area contributed by atoms with Gasteiger partial charge in [0.05, 0.1) is 0 Å². The molecule has 7 nitrogen and oxygen atoms in total. The summed E-state index contributed by atoms with van der Waals surface area (Å²) in [5, 5.41) is 14.3. The Morgan fingerprint density at radius 2 is 2.21 bits per heavy atom. The third kappa shape index (κ3) is 2.64. The number of likely N-dealkylation sites (tertiary alicyclic amines) is 1. The van der Waals surface area contributed by atoms with Gasteiger partial charge in [0.25, 0.3) is 0 Å². The molecule has 2 atom stereocenters. The Hall–Kier alpha value is -1.79. The fraction of sp³-hybridized carbons (Fsp3) is 0.750. The van der Waals surface area contributed by atoms with E-state index in [1.807, 2.05) is 0 Å². The standard InChI is InChI=1S/C12H22N4O3/c1-4-12(2,10(13)15-19)11(18)16-7-5-6-8(16)9(17)14-3/h8,19H,4-7H2,1-3H3,(H2,13,15)(H,14,17). The van der Waals surface area contributed by atoms with Crippen LogP contribution in [0.2, 0.25) is 0 Å². The topological polar surface area (TPSA) is 108 Å². The molecule has 1 aliphatic heterocycles. The molecule has 0 aliphatic carbocycles. The summed E-state index contributed by atoms with van der Waals surface area (Å²) in [5.74, 6) is -0.567. The van der Waals surface area contributed by atoms with E-state index in [1.165, 1.54) is 4.90 Å². The van der Waals surface area contributed by atoms with Gasteiger partial charge in [-0.15, -0.1) is 0 Å². The van der Waals surface area contributed by atoms with Crippen molar-refractivity contribution in [3.05, 3.63) is 0 Å². The van der Waals surface area contributed by atoms with E-state index in [2.05, 4.69) is 10.5 Å². The van der Waals surface area contributed by atoms with Crippen LogP contribution in [0, 0.1) is 5.41 Å². The quantitative estimate of drug-likeness (QED) is 0.286. The van der Waals surface area contributed by atoms with E-state index in [4.69, 9.17) is 10.9 Å². The van der Waals surface area contributed by atoms with Crippen molar-refractivity contribution in [1.29, 1.82) is 0 Å². The molecule has 1 fully saturated rings. The van der Waals surface area contributed by atoms with Gasteiger partial charge in [-0.25, -0.2) is 0 Å². The summed E-state index contributed by atoms with van der Waals surface area (Å²) >= 11 is 0. The average Bonchev–Trinajstić information content (AvgIpc) is 2.92. The number of likely N-dealkylation sites (N-methyl/N-ethyl adjacent to an activating group) is 1. The van der Waals surface area contributed by atoms with Gasteiger partial charge in [-0.1, -0.05) is 12.1 Å². The van der Waals surface area contributed by atoms with Gasteiger partial charge in [-0.2, -0.15) is 0 Å². The number of carbonyl (C=O) groups is 2. The van der Waals surface area contributed by atoms with E-state index in [9.17, 15) is 9.59 Å². The van der Waals surface area contributed by atoms with Crippen molar-refractivity contribution >= 4 is 17.6 Å². The van der Waals surface area contributed by atoms with Gasteiger partial charge in [0.1, 0.15) is 11.5 Å². The molecule has 2 unspecified atom stereocenters. The highest BCUT2D eigenvalue weighted by atomic mass is 16.4. The smallest absolute Gasteiger partial charge is 0.242 e. The van der Waals surface area contributed by atoms with E-state index < -0.39 is 11.5 Å². The Balaban J connectivity index is 3.01. The van der Waals surface area contributed by atoms with E-state index in [-0.39, 0.29) is 17.6 Å². The van der Waals surface area contributed by atoms with Crippen LogP contribution in [-0.4, -0.2) is 47.4 Å². The lowest BCUT2D eigenvalue weighted by Gasteiger charge is -2.33. The highest BCUT2D eigenvalue weighted by Crippen LogP contribution is 2.29. The van der Waals surface area contributed by atoms with Gasteiger partial charge in [0.15, 0.2) is 5.84 Å². The predicted octanol–water partition coefficient (Wildman–Crippen LogP) is -0.114. The first-order valence-corrected chi connectivity index (χ1v) is 6.43. The molecular formula is C12H22N4O3. The molecule has 1 aliphatic rings. The van der Waals surface area contributed by atoms with Crippen LogP contribution in [0.3, 0.4) is 0 Å². The monoisotopic (exact) mass is 270 g/mol. The number of carbonyl (C=O) groups excluding carboxylic acids is 2. The van der Waals surface area contributed by atoms with Crippen LogP contribution in [0.15, 0.2) is 5.16 Å². The first kappa shape index (κ1) is 15.3. The maximum absolute atomic E-state index is 12.6. The van der Waals surface area contributed by atoms with Crippen LogP contribution < -0.4 is 11.1 Å². The molecule has 0 aromatic rings. The first-order valence-electron chi connectivity index (χ1n) is 6.43. The number of rotatable bonds is 4. The summed E-state index contributed by atoms with van der Waals surface area (Å²) in [7, 11) is 1.55. The highest BCUT2D eigenvalue weighted by molar-refractivity contribution is 6.07. The zero-order valence-electron chi connectivity index (χ0n) is 11.6. The highest BCUT2D eigenvalue weighted by Gasteiger charge is 2.44. The molecule has 0 bridgehead atoms. The minimum atomic E-state index is -1.08. The lowest BCUT2D eigenvalue weighted by atomic mass is 9.84. The Morgan fingerprint density at radius 1 is 1.58 bits per heavy atom. The molecule has 0 spiro atoms. The largest absolute Gasteiger partial charge is 0.409 e. The van der Waals surface area contributed by atoms with Gasteiger partial charge in [0, 0.05) is 13.6 Å². The number of nitrogens with one attached hydrogen (secondary N) is 1. The normalized spacial score (nSPS) is 23.0. The second-order valence-corrected chi connectivity index (χ2v) is 4.94. The van der Waals surface area contributed by atoms with Crippen molar-refractivity contribution in [2.24, 2.45) is 16.3 Å². The fourth-order valence-electron chi connectivity index (χ4n) is 2.32. The Morgan fingerprint density at radius 3 is 2.68 bits per heavy atom. The molecule has 4 N–H and O–H groups in total. The third-order valence-electron chi connectivity index (χ3n) is 3.91. The van der Waals surface area contributed by atoms with Crippen molar-refractivity contribution in [2.75, 3.05) is 13.6 Å². The summed E-state index contributed by atoms with van der Waals surface area (Å²) in [6, 6.07) is -0.463. The van der Waals surface area contributed by atoms with Crippen LogP contribution in [-0.2, 0) is 9.59 Å². The van der Waals surface area contributed by atoms with E-state index >= 15 is 0 Å². The van der Waals surface area contributed by atoms with Crippen molar-refractivity contribution in [3.8, 4) is 0 Å². The minimum absolute atomic E-state index is 0.123. The Bertz CT molecular complexity index is 396. The second kappa shape index (κ2) is 5.90. The van der Waals surface area contributed by atoms with Gasteiger partial charge in [0.2, 0.25) is 11.8 Å². The molecule has 1 rings (SSSR count). The third-order valence-corrected chi connectivity index (χ3v) is 3.91.